The lowest BCUT2D eigenvalue weighted by atomic mass is 10.3. The monoisotopic (exact) mass is 222 g/mol. The molecule has 0 atom stereocenters. The van der Waals surface area contributed by atoms with Crippen LogP contribution in [0.2, 0.25) is 5.02 Å². The molecule has 1 heterocycles. The van der Waals surface area contributed by atoms with Crippen LogP contribution in [0, 0.1) is 12.3 Å². The van der Waals surface area contributed by atoms with Crippen molar-refractivity contribution in [2.75, 3.05) is 11.9 Å². The molecule has 0 spiro atoms. The first kappa shape index (κ1) is 9.32. The molecule has 70 valence electrons. The fourth-order valence-electron chi connectivity index (χ4n) is 1.10. The molecular weight excluding hydrogens is 216 g/mol. The van der Waals surface area contributed by atoms with Gasteiger partial charge in [0.25, 0.3) is 0 Å². The van der Waals surface area contributed by atoms with Crippen molar-refractivity contribution in [2.45, 2.75) is 0 Å². The number of anilines is 1. The fraction of sp³-hybridized carbons (Fsp3) is 0.100. The molecule has 0 saturated carbocycles. The Kier molecular flexibility index (Phi) is 2.58. The quantitative estimate of drug-likeness (QED) is 0.791. The Bertz CT molecular complexity index is 498. The Hall–Kier alpha value is -1.24. The molecule has 0 unspecified atom stereocenters. The van der Waals surface area contributed by atoms with Gasteiger partial charge in [0, 0.05) is 5.02 Å². The molecule has 14 heavy (non-hydrogen) atoms. The standard InChI is InChI=1S/C10H7ClN2S/c1-2-5-12-10-13-8-6-7(11)3-4-9(8)14-10/h1,3-4,6H,5H2,(H,12,13). The van der Waals surface area contributed by atoms with Crippen molar-refractivity contribution >= 4 is 38.3 Å². The van der Waals surface area contributed by atoms with E-state index in [2.05, 4.69) is 16.2 Å². The highest BCUT2D eigenvalue weighted by atomic mass is 35.5. The zero-order valence-electron chi connectivity index (χ0n) is 7.25. The molecule has 1 aromatic heterocycles. The highest BCUT2D eigenvalue weighted by Crippen LogP contribution is 2.27. The third-order valence-electron chi connectivity index (χ3n) is 1.69. The minimum absolute atomic E-state index is 0.494. The van der Waals surface area contributed by atoms with Gasteiger partial charge in [-0.25, -0.2) is 4.98 Å². The van der Waals surface area contributed by atoms with Crippen molar-refractivity contribution in [3.05, 3.63) is 23.2 Å². The van der Waals surface area contributed by atoms with Crippen molar-refractivity contribution in [1.29, 1.82) is 0 Å². The summed E-state index contributed by atoms with van der Waals surface area (Å²) in [6, 6.07) is 5.65. The van der Waals surface area contributed by atoms with Crippen LogP contribution in [0.5, 0.6) is 0 Å². The van der Waals surface area contributed by atoms with Gasteiger partial charge in [0.05, 0.1) is 16.8 Å². The summed E-state index contributed by atoms with van der Waals surface area (Å²) in [7, 11) is 0. The highest BCUT2D eigenvalue weighted by Gasteiger charge is 2.02. The molecule has 0 aliphatic rings. The van der Waals surface area contributed by atoms with Crippen molar-refractivity contribution in [3.8, 4) is 12.3 Å². The first-order valence-electron chi connectivity index (χ1n) is 4.03. The van der Waals surface area contributed by atoms with Gasteiger partial charge in [-0.05, 0) is 18.2 Å². The van der Waals surface area contributed by atoms with Gasteiger partial charge in [-0.2, -0.15) is 0 Å². The number of nitrogens with one attached hydrogen (secondary N) is 1. The molecule has 0 radical (unpaired) electrons. The van der Waals surface area contributed by atoms with E-state index in [4.69, 9.17) is 18.0 Å². The minimum Gasteiger partial charge on any atom is -0.351 e. The molecule has 0 aliphatic heterocycles. The normalized spacial score (nSPS) is 10.0. The van der Waals surface area contributed by atoms with E-state index in [9.17, 15) is 0 Å². The maximum Gasteiger partial charge on any atom is 0.184 e. The van der Waals surface area contributed by atoms with Crippen LogP contribution in [-0.2, 0) is 0 Å². The predicted octanol–water partition coefficient (Wildman–Crippen LogP) is 2.99. The SMILES string of the molecule is C#CCNc1nc2cc(Cl)ccc2s1. The highest BCUT2D eigenvalue weighted by molar-refractivity contribution is 7.22. The van der Waals surface area contributed by atoms with Gasteiger partial charge in [-0.15, -0.1) is 6.42 Å². The van der Waals surface area contributed by atoms with Crippen LogP contribution in [0.4, 0.5) is 5.13 Å². The van der Waals surface area contributed by atoms with Crippen LogP contribution in [-0.4, -0.2) is 11.5 Å². The first-order valence-corrected chi connectivity index (χ1v) is 5.22. The van der Waals surface area contributed by atoms with Gasteiger partial charge >= 0.3 is 0 Å². The van der Waals surface area contributed by atoms with Crippen LogP contribution in [0.25, 0.3) is 10.2 Å². The Morgan fingerprint density at radius 1 is 1.57 bits per heavy atom. The Labute approximate surface area is 90.9 Å². The summed E-state index contributed by atoms with van der Waals surface area (Å²) in [5.41, 5.74) is 0.905. The van der Waals surface area contributed by atoms with Gasteiger partial charge in [0.15, 0.2) is 5.13 Å². The number of terminal acetylenes is 1. The molecule has 1 aromatic carbocycles. The number of halogens is 1. The number of nitrogens with zero attached hydrogens (tertiary/aromatic N) is 1. The average Bonchev–Trinajstić information content (AvgIpc) is 2.56. The summed E-state index contributed by atoms with van der Waals surface area (Å²) in [6.45, 7) is 0.494. The molecule has 2 rings (SSSR count). The Morgan fingerprint density at radius 2 is 2.43 bits per heavy atom. The van der Waals surface area contributed by atoms with E-state index >= 15 is 0 Å². The maximum absolute atomic E-state index is 5.84. The summed E-state index contributed by atoms with van der Waals surface area (Å²) in [5, 5.41) is 4.57. The maximum atomic E-state index is 5.84. The fourth-order valence-corrected chi connectivity index (χ4v) is 2.11. The van der Waals surface area contributed by atoms with E-state index in [0.29, 0.717) is 11.6 Å². The third-order valence-corrected chi connectivity index (χ3v) is 2.92. The second-order valence-corrected chi connectivity index (χ2v) is 4.16. The van der Waals surface area contributed by atoms with Crippen molar-refractivity contribution in [1.82, 2.24) is 4.98 Å². The first-order chi connectivity index (χ1) is 6.79. The summed E-state index contributed by atoms with van der Waals surface area (Å²) < 4.78 is 1.11. The molecule has 0 aliphatic carbocycles. The molecule has 1 N–H and O–H groups in total. The van der Waals surface area contributed by atoms with Crippen LogP contribution in [0.15, 0.2) is 18.2 Å². The van der Waals surface area contributed by atoms with Gasteiger partial charge in [0.1, 0.15) is 0 Å². The Morgan fingerprint density at radius 3 is 3.21 bits per heavy atom. The molecule has 0 fully saturated rings. The number of thiazole rings is 1. The molecule has 2 nitrogen and oxygen atoms in total. The van der Waals surface area contributed by atoms with E-state index < -0.39 is 0 Å². The number of hydrogen-bond acceptors (Lipinski definition) is 3. The number of fused-ring (bicyclic) bond motifs is 1. The zero-order valence-corrected chi connectivity index (χ0v) is 8.82. The van der Waals surface area contributed by atoms with Crippen molar-refractivity contribution < 1.29 is 0 Å². The lowest BCUT2D eigenvalue weighted by Gasteiger charge is -1.91. The van der Waals surface area contributed by atoms with Crippen molar-refractivity contribution in [3.63, 3.8) is 0 Å². The summed E-state index contributed by atoms with van der Waals surface area (Å²) in [4.78, 5) is 4.34. The topological polar surface area (TPSA) is 24.9 Å². The molecule has 4 heteroatoms. The number of benzene rings is 1. The zero-order chi connectivity index (χ0) is 9.97. The van der Waals surface area contributed by atoms with E-state index in [1.807, 2.05) is 18.2 Å². The van der Waals surface area contributed by atoms with Gasteiger partial charge in [-0.1, -0.05) is 28.9 Å². The summed E-state index contributed by atoms with van der Waals surface area (Å²) in [5.74, 6) is 2.50. The van der Waals surface area contributed by atoms with Crippen LogP contribution in [0.1, 0.15) is 0 Å². The smallest absolute Gasteiger partial charge is 0.184 e. The Balaban J connectivity index is 2.37. The van der Waals surface area contributed by atoms with Gasteiger partial charge in [-0.3, -0.25) is 0 Å². The number of rotatable bonds is 2. The average molecular weight is 223 g/mol. The largest absolute Gasteiger partial charge is 0.351 e. The van der Waals surface area contributed by atoms with Crippen LogP contribution in [0.3, 0.4) is 0 Å². The van der Waals surface area contributed by atoms with E-state index in [-0.39, 0.29) is 0 Å². The second-order valence-electron chi connectivity index (χ2n) is 2.69. The molecule has 0 saturated heterocycles. The third kappa shape index (κ3) is 1.82. The minimum atomic E-state index is 0.494. The number of aromatic nitrogens is 1. The van der Waals surface area contributed by atoms with Gasteiger partial charge < -0.3 is 5.32 Å². The summed E-state index contributed by atoms with van der Waals surface area (Å²) in [6.07, 6.45) is 5.14. The van der Waals surface area contributed by atoms with E-state index in [0.717, 1.165) is 15.3 Å². The van der Waals surface area contributed by atoms with Crippen LogP contribution < -0.4 is 5.32 Å². The van der Waals surface area contributed by atoms with Gasteiger partial charge in [0.2, 0.25) is 0 Å². The van der Waals surface area contributed by atoms with Crippen molar-refractivity contribution in [2.24, 2.45) is 0 Å². The molecule has 0 amide bonds. The molecular formula is C10H7ClN2S. The van der Waals surface area contributed by atoms with E-state index in [1.165, 1.54) is 0 Å². The van der Waals surface area contributed by atoms with Crippen LogP contribution >= 0.6 is 22.9 Å². The van der Waals surface area contributed by atoms with E-state index in [1.54, 1.807) is 11.3 Å². The summed E-state index contributed by atoms with van der Waals surface area (Å²) >= 11 is 7.41. The predicted molar refractivity (Wildman–Crippen MR) is 62.0 cm³/mol. The lowest BCUT2D eigenvalue weighted by Crippen LogP contribution is -1.96. The second kappa shape index (κ2) is 3.87. The molecule has 0 bridgehead atoms. The lowest BCUT2D eigenvalue weighted by molar-refractivity contribution is 1.34. The molecule has 2 aromatic rings. The number of hydrogen-bond donors (Lipinski definition) is 1.